The Morgan fingerprint density at radius 2 is 2.22 bits per heavy atom. The highest BCUT2D eigenvalue weighted by Crippen LogP contribution is 2.16. The Morgan fingerprint density at radius 3 is 2.44 bits per heavy atom. The minimum absolute atomic E-state index is 0.684. The SMILES string of the molecule is CC1=CCCN1C(C)C. The van der Waals surface area contributed by atoms with Crippen molar-refractivity contribution in [2.45, 2.75) is 33.2 Å². The molecule has 0 spiro atoms. The maximum Gasteiger partial charge on any atom is 0.0230 e. The van der Waals surface area contributed by atoms with Gasteiger partial charge in [0.2, 0.25) is 0 Å². The lowest BCUT2D eigenvalue weighted by Gasteiger charge is -2.24. The van der Waals surface area contributed by atoms with E-state index in [0.717, 1.165) is 0 Å². The normalized spacial score (nSPS) is 19.1. The van der Waals surface area contributed by atoms with E-state index in [1.807, 2.05) is 0 Å². The molecule has 0 aromatic heterocycles. The minimum Gasteiger partial charge on any atom is -0.373 e. The van der Waals surface area contributed by atoms with Crippen LogP contribution in [-0.4, -0.2) is 17.5 Å². The van der Waals surface area contributed by atoms with Crippen molar-refractivity contribution < 1.29 is 0 Å². The number of allylic oxidation sites excluding steroid dienone is 1. The first-order chi connectivity index (χ1) is 4.22. The van der Waals surface area contributed by atoms with Crippen molar-refractivity contribution in [2.75, 3.05) is 6.54 Å². The molecule has 0 aromatic rings. The molecule has 52 valence electrons. The first-order valence-electron chi connectivity index (χ1n) is 3.65. The molecule has 0 bridgehead atoms. The molecule has 1 aliphatic rings. The molecule has 0 aliphatic carbocycles. The Labute approximate surface area is 57.4 Å². The van der Waals surface area contributed by atoms with Crippen LogP contribution in [0.5, 0.6) is 0 Å². The molecule has 1 nitrogen and oxygen atoms in total. The van der Waals surface area contributed by atoms with Crippen molar-refractivity contribution >= 4 is 0 Å². The lowest BCUT2D eigenvalue weighted by molar-refractivity contribution is 0.311. The van der Waals surface area contributed by atoms with Crippen molar-refractivity contribution in [1.29, 1.82) is 0 Å². The number of hydrogen-bond acceptors (Lipinski definition) is 1. The highest BCUT2D eigenvalue weighted by Gasteiger charge is 2.12. The van der Waals surface area contributed by atoms with E-state index >= 15 is 0 Å². The summed E-state index contributed by atoms with van der Waals surface area (Å²) in [5, 5.41) is 0. The third kappa shape index (κ3) is 1.26. The molecule has 1 aliphatic heterocycles. The summed E-state index contributed by atoms with van der Waals surface area (Å²) in [6.45, 7) is 7.89. The largest absolute Gasteiger partial charge is 0.373 e. The second kappa shape index (κ2) is 2.42. The van der Waals surface area contributed by atoms with E-state index in [1.165, 1.54) is 18.7 Å². The van der Waals surface area contributed by atoms with Crippen LogP contribution in [0, 0.1) is 0 Å². The van der Waals surface area contributed by atoms with Gasteiger partial charge in [-0.3, -0.25) is 0 Å². The molecule has 0 amide bonds. The minimum atomic E-state index is 0.684. The second-order valence-electron chi connectivity index (χ2n) is 2.92. The van der Waals surface area contributed by atoms with E-state index < -0.39 is 0 Å². The van der Waals surface area contributed by atoms with Gasteiger partial charge in [0.1, 0.15) is 0 Å². The summed E-state index contributed by atoms with van der Waals surface area (Å²) in [5.41, 5.74) is 1.45. The quantitative estimate of drug-likeness (QED) is 0.518. The van der Waals surface area contributed by atoms with Crippen molar-refractivity contribution in [3.05, 3.63) is 11.8 Å². The summed E-state index contributed by atoms with van der Waals surface area (Å²) in [6, 6.07) is 0.684. The topological polar surface area (TPSA) is 3.24 Å². The summed E-state index contributed by atoms with van der Waals surface area (Å²) < 4.78 is 0. The van der Waals surface area contributed by atoms with E-state index in [1.54, 1.807) is 0 Å². The Morgan fingerprint density at radius 1 is 1.56 bits per heavy atom. The van der Waals surface area contributed by atoms with Gasteiger partial charge in [-0.05, 0) is 27.2 Å². The Hall–Kier alpha value is -0.460. The van der Waals surface area contributed by atoms with Crippen molar-refractivity contribution in [1.82, 2.24) is 4.90 Å². The first-order valence-corrected chi connectivity index (χ1v) is 3.65. The van der Waals surface area contributed by atoms with Crippen LogP contribution in [0.2, 0.25) is 0 Å². The van der Waals surface area contributed by atoms with Gasteiger partial charge < -0.3 is 4.90 Å². The highest BCUT2D eigenvalue weighted by atomic mass is 15.2. The standard InChI is InChI=1S/C8H15N/c1-7(2)9-6-4-5-8(9)3/h5,7H,4,6H2,1-3H3. The third-order valence-corrected chi connectivity index (χ3v) is 1.89. The first kappa shape index (κ1) is 6.66. The van der Waals surface area contributed by atoms with Gasteiger partial charge in [0.05, 0.1) is 0 Å². The molecule has 1 heteroatoms. The molecular formula is C8H15N. The molecule has 0 saturated carbocycles. The highest BCUT2D eigenvalue weighted by molar-refractivity contribution is 5.04. The van der Waals surface area contributed by atoms with Gasteiger partial charge in [0, 0.05) is 18.3 Å². The number of rotatable bonds is 1. The maximum atomic E-state index is 2.43. The van der Waals surface area contributed by atoms with Crippen LogP contribution in [0.25, 0.3) is 0 Å². The second-order valence-corrected chi connectivity index (χ2v) is 2.92. The predicted octanol–water partition coefficient (Wildman–Crippen LogP) is 2.00. The third-order valence-electron chi connectivity index (χ3n) is 1.89. The fraction of sp³-hybridized carbons (Fsp3) is 0.750. The molecule has 0 fully saturated rings. The Kier molecular flexibility index (Phi) is 1.79. The molecule has 0 radical (unpaired) electrons. The Balaban J connectivity index is 2.53. The molecule has 1 heterocycles. The van der Waals surface area contributed by atoms with E-state index in [0.29, 0.717) is 6.04 Å². The van der Waals surface area contributed by atoms with Crippen LogP contribution in [0.1, 0.15) is 27.2 Å². The number of nitrogens with zero attached hydrogens (tertiary/aromatic N) is 1. The van der Waals surface area contributed by atoms with Crippen LogP contribution in [0.15, 0.2) is 11.8 Å². The average molecular weight is 125 g/mol. The monoisotopic (exact) mass is 125 g/mol. The molecule has 0 unspecified atom stereocenters. The molecule has 0 saturated heterocycles. The Bertz CT molecular complexity index is 125. The lowest BCUT2D eigenvalue weighted by atomic mass is 10.3. The van der Waals surface area contributed by atoms with Crippen LogP contribution in [0.4, 0.5) is 0 Å². The zero-order valence-corrected chi connectivity index (χ0v) is 6.52. The summed E-state index contributed by atoms with van der Waals surface area (Å²) >= 11 is 0. The molecule has 0 atom stereocenters. The van der Waals surface area contributed by atoms with Gasteiger partial charge in [-0.1, -0.05) is 6.08 Å². The van der Waals surface area contributed by atoms with Gasteiger partial charge in [0.15, 0.2) is 0 Å². The van der Waals surface area contributed by atoms with Gasteiger partial charge in [0.25, 0.3) is 0 Å². The summed E-state index contributed by atoms with van der Waals surface area (Å²) in [4.78, 5) is 2.43. The maximum absolute atomic E-state index is 2.43. The summed E-state index contributed by atoms with van der Waals surface area (Å²) in [6.07, 6.45) is 3.55. The molecule has 0 aromatic carbocycles. The van der Waals surface area contributed by atoms with E-state index in [4.69, 9.17) is 0 Å². The van der Waals surface area contributed by atoms with Crippen LogP contribution in [-0.2, 0) is 0 Å². The van der Waals surface area contributed by atoms with Gasteiger partial charge in [-0.15, -0.1) is 0 Å². The van der Waals surface area contributed by atoms with Crippen molar-refractivity contribution in [2.24, 2.45) is 0 Å². The van der Waals surface area contributed by atoms with Gasteiger partial charge in [-0.2, -0.15) is 0 Å². The van der Waals surface area contributed by atoms with Crippen LogP contribution < -0.4 is 0 Å². The van der Waals surface area contributed by atoms with Crippen LogP contribution in [0.3, 0.4) is 0 Å². The van der Waals surface area contributed by atoms with E-state index in [-0.39, 0.29) is 0 Å². The fourth-order valence-corrected chi connectivity index (χ4v) is 1.37. The summed E-state index contributed by atoms with van der Waals surface area (Å²) in [5.74, 6) is 0. The molecule has 0 N–H and O–H groups in total. The molecular weight excluding hydrogens is 110 g/mol. The van der Waals surface area contributed by atoms with Crippen LogP contribution >= 0.6 is 0 Å². The van der Waals surface area contributed by atoms with E-state index in [9.17, 15) is 0 Å². The van der Waals surface area contributed by atoms with Gasteiger partial charge in [-0.25, -0.2) is 0 Å². The lowest BCUT2D eigenvalue weighted by Crippen LogP contribution is -2.26. The van der Waals surface area contributed by atoms with Crippen molar-refractivity contribution in [3.8, 4) is 0 Å². The zero-order valence-electron chi connectivity index (χ0n) is 6.52. The average Bonchev–Trinajstić information content (AvgIpc) is 2.13. The fourth-order valence-electron chi connectivity index (χ4n) is 1.37. The van der Waals surface area contributed by atoms with Crippen molar-refractivity contribution in [3.63, 3.8) is 0 Å². The smallest absolute Gasteiger partial charge is 0.0230 e. The van der Waals surface area contributed by atoms with E-state index in [2.05, 4.69) is 31.7 Å². The zero-order chi connectivity index (χ0) is 6.85. The summed E-state index contributed by atoms with van der Waals surface area (Å²) in [7, 11) is 0. The number of hydrogen-bond donors (Lipinski definition) is 0. The molecule has 1 rings (SSSR count). The molecule has 9 heavy (non-hydrogen) atoms. The predicted molar refractivity (Wildman–Crippen MR) is 40.2 cm³/mol. The van der Waals surface area contributed by atoms with Gasteiger partial charge >= 0.3 is 0 Å².